The fraction of sp³-hybridized carbons (Fsp3) is 0.700. The third-order valence-electron chi connectivity index (χ3n) is 3.53. The number of fused-ring (bicyclic) bond motifs is 1. The number of hydrogen-bond donors (Lipinski definition) is 1. The number of piperidine rings is 1. The SMILES string of the molecule is CN1C(=O)C2NC(=O)CC(C(F)(F)F)C2N(C)C1=O. The lowest BCUT2D eigenvalue weighted by Crippen LogP contribution is -2.72. The van der Waals surface area contributed by atoms with Gasteiger partial charge in [0.05, 0.1) is 12.0 Å². The number of carbonyl (C=O) groups is 3. The molecule has 2 rings (SSSR count). The number of rotatable bonds is 0. The number of nitrogens with zero attached hydrogens (tertiary/aromatic N) is 2. The van der Waals surface area contributed by atoms with Crippen molar-refractivity contribution in [2.75, 3.05) is 14.1 Å². The first-order valence-corrected chi connectivity index (χ1v) is 5.55. The lowest BCUT2D eigenvalue weighted by Gasteiger charge is -2.47. The molecule has 2 heterocycles. The Morgan fingerprint density at radius 2 is 1.79 bits per heavy atom. The summed E-state index contributed by atoms with van der Waals surface area (Å²) in [6.45, 7) is 0. The average molecular weight is 279 g/mol. The lowest BCUT2D eigenvalue weighted by atomic mass is 9.83. The number of imide groups is 1. The fourth-order valence-electron chi connectivity index (χ4n) is 2.55. The summed E-state index contributed by atoms with van der Waals surface area (Å²) in [4.78, 5) is 36.4. The van der Waals surface area contributed by atoms with Gasteiger partial charge in [0.2, 0.25) is 5.91 Å². The van der Waals surface area contributed by atoms with Gasteiger partial charge in [-0.25, -0.2) is 4.79 Å². The molecule has 0 aromatic heterocycles. The van der Waals surface area contributed by atoms with Crippen LogP contribution in [0.4, 0.5) is 18.0 Å². The molecule has 6 nitrogen and oxygen atoms in total. The van der Waals surface area contributed by atoms with Crippen LogP contribution in [0, 0.1) is 5.92 Å². The molecule has 4 amide bonds. The fourth-order valence-corrected chi connectivity index (χ4v) is 2.55. The van der Waals surface area contributed by atoms with Gasteiger partial charge in [-0.2, -0.15) is 13.2 Å². The molecule has 2 aliphatic heterocycles. The Morgan fingerprint density at radius 1 is 1.21 bits per heavy atom. The Kier molecular flexibility index (Phi) is 2.94. The van der Waals surface area contributed by atoms with Gasteiger partial charge < -0.3 is 10.2 Å². The van der Waals surface area contributed by atoms with E-state index in [0.29, 0.717) is 4.90 Å². The number of hydrogen-bond acceptors (Lipinski definition) is 3. The highest BCUT2D eigenvalue weighted by Crippen LogP contribution is 2.38. The molecular weight excluding hydrogens is 267 g/mol. The summed E-state index contributed by atoms with van der Waals surface area (Å²) in [7, 11) is 2.36. The highest BCUT2D eigenvalue weighted by Gasteiger charge is 2.58. The van der Waals surface area contributed by atoms with Crippen LogP contribution in [-0.4, -0.2) is 60.0 Å². The Labute approximate surface area is 106 Å². The maximum atomic E-state index is 13.0. The van der Waals surface area contributed by atoms with E-state index in [0.717, 1.165) is 4.90 Å². The van der Waals surface area contributed by atoms with E-state index < -0.39 is 48.4 Å². The minimum Gasteiger partial charge on any atom is -0.342 e. The molecule has 0 aromatic rings. The predicted molar refractivity (Wildman–Crippen MR) is 55.8 cm³/mol. The van der Waals surface area contributed by atoms with Crippen molar-refractivity contribution < 1.29 is 27.6 Å². The molecule has 106 valence electrons. The van der Waals surface area contributed by atoms with Crippen molar-refractivity contribution >= 4 is 17.8 Å². The van der Waals surface area contributed by atoms with Crippen molar-refractivity contribution in [2.24, 2.45) is 5.92 Å². The van der Waals surface area contributed by atoms with Gasteiger partial charge in [0.1, 0.15) is 6.04 Å². The third-order valence-corrected chi connectivity index (χ3v) is 3.53. The van der Waals surface area contributed by atoms with Crippen molar-refractivity contribution in [3.8, 4) is 0 Å². The van der Waals surface area contributed by atoms with Crippen LogP contribution in [-0.2, 0) is 9.59 Å². The first-order chi connectivity index (χ1) is 8.64. The zero-order valence-electron chi connectivity index (χ0n) is 10.2. The standard InChI is InChI=1S/C10H12F3N3O3/c1-15-7-4(10(11,12)13)3-5(17)14-6(7)8(18)16(2)9(15)19/h4,6-7H,3H2,1-2H3,(H,14,17). The molecule has 3 unspecified atom stereocenters. The Hall–Kier alpha value is -1.80. The van der Waals surface area contributed by atoms with Gasteiger partial charge in [-0.15, -0.1) is 0 Å². The van der Waals surface area contributed by atoms with Crippen LogP contribution in [0.2, 0.25) is 0 Å². The molecule has 19 heavy (non-hydrogen) atoms. The van der Waals surface area contributed by atoms with Gasteiger partial charge >= 0.3 is 12.2 Å². The zero-order valence-corrected chi connectivity index (χ0v) is 10.2. The predicted octanol–water partition coefficient (Wildman–Crippen LogP) is -0.0542. The summed E-state index contributed by atoms with van der Waals surface area (Å²) in [5, 5.41) is 2.23. The van der Waals surface area contributed by atoms with E-state index in [1.54, 1.807) is 0 Å². The van der Waals surface area contributed by atoms with Crippen LogP contribution < -0.4 is 5.32 Å². The first kappa shape index (κ1) is 13.6. The van der Waals surface area contributed by atoms with Crippen LogP contribution in [0.5, 0.6) is 0 Å². The summed E-state index contributed by atoms with van der Waals surface area (Å²) in [6, 6.07) is -3.55. The molecule has 0 radical (unpaired) electrons. The number of alkyl halides is 3. The summed E-state index contributed by atoms with van der Waals surface area (Å²) >= 11 is 0. The molecule has 0 spiro atoms. The maximum absolute atomic E-state index is 13.0. The molecule has 9 heteroatoms. The van der Waals surface area contributed by atoms with E-state index in [2.05, 4.69) is 5.32 Å². The van der Waals surface area contributed by atoms with Crippen molar-refractivity contribution in [1.82, 2.24) is 15.1 Å². The Morgan fingerprint density at radius 3 is 2.32 bits per heavy atom. The number of carbonyl (C=O) groups excluding carboxylic acids is 3. The van der Waals surface area contributed by atoms with Crippen LogP contribution in [0.25, 0.3) is 0 Å². The second-order valence-corrected chi connectivity index (χ2v) is 4.68. The van der Waals surface area contributed by atoms with Crippen LogP contribution >= 0.6 is 0 Å². The number of nitrogens with one attached hydrogen (secondary N) is 1. The zero-order chi connectivity index (χ0) is 14.5. The summed E-state index contributed by atoms with van der Waals surface area (Å²) in [5.74, 6) is -3.69. The van der Waals surface area contributed by atoms with E-state index in [4.69, 9.17) is 0 Å². The number of likely N-dealkylation sites (N-methyl/N-ethyl adjacent to an activating group) is 2. The van der Waals surface area contributed by atoms with Gasteiger partial charge in [-0.3, -0.25) is 14.5 Å². The minimum atomic E-state index is -4.65. The van der Waals surface area contributed by atoms with Crippen LogP contribution in [0.15, 0.2) is 0 Å². The van der Waals surface area contributed by atoms with Crippen molar-refractivity contribution in [3.63, 3.8) is 0 Å². The molecule has 0 saturated carbocycles. The van der Waals surface area contributed by atoms with Crippen molar-refractivity contribution in [1.29, 1.82) is 0 Å². The summed E-state index contributed by atoms with van der Waals surface area (Å²) in [5.41, 5.74) is 0. The summed E-state index contributed by atoms with van der Waals surface area (Å²) in [6.07, 6.45) is -5.43. The second-order valence-electron chi connectivity index (χ2n) is 4.68. The normalized spacial score (nSPS) is 32.3. The van der Waals surface area contributed by atoms with E-state index >= 15 is 0 Å². The average Bonchev–Trinajstić information content (AvgIpc) is 2.31. The van der Waals surface area contributed by atoms with E-state index in [1.165, 1.54) is 14.1 Å². The number of amides is 4. The molecule has 2 aliphatic rings. The number of urea groups is 1. The van der Waals surface area contributed by atoms with Crippen molar-refractivity contribution in [3.05, 3.63) is 0 Å². The maximum Gasteiger partial charge on any atom is 0.394 e. The first-order valence-electron chi connectivity index (χ1n) is 5.55. The molecular formula is C10H12F3N3O3. The van der Waals surface area contributed by atoms with E-state index in [1.807, 2.05) is 0 Å². The molecule has 1 N–H and O–H groups in total. The Balaban J connectivity index is 2.43. The van der Waals surface area contributed by atoms with Gasteiger partial charge in [-0.1, -0.05) is 0 Å². The smallest absolute Gasteiger partial charge is 0.342 e. The Bertz CT molecular complexity index is 451. The van der Waals surface area contributed by atoms with Crippen LogP contribution in [0.1, 0.15) is 6.42 Å². The highest BCUT2D eigenvalue weighted by atomic mass is 19.4. The van der Waals surface area contributed by atoms with E-state index in [9.17, 15) is 27.6 Å². The van der Waals surface area contributed by atoms with E-state index in [-0.39, 0.29) is 0 Å². The second kappa shape index (κ2) is 4.10. The van der Waals surface area contributed by atoms with Gasteiger partial charge in [0.15, 0.2) is 0 Å². The largest absolute Gasteiger partial charge is 0.394 e. The van der Waals surface area contributed by atoms with Gasteiger partial charge in [-0.05, 0) is 0 Å². The molecule has 0 aromatic carbocycles. The number of halogens is 3. The lowest BCUT2D eigenvalue weighted by molar-refractivity contribution is -0.203. The molecule has 2 saturated heterocycles. The third kappa shape index (κ3) is 2.02. The monoisotopic (exact) mass is 279 g/mol. The molecule has 0 aliphatic carbocycles. The minimum absolute atomic E-state index is 0.709. The molecule has 2 fully saturated rings. The topological polar surface area (TPSA) is 69.7 Å². The summed E-state index contributed by atoms with van der Waals surface area (Å²) < 4.78 is 38.9. The van der Waals surface area contributed by atoms with Gasteiger partial charge in [0, 0.05) is 20.5 Å². The molecule has 3 atom stereocenters. The van der Waals surface area contributed by atoms with Gasteiger partial charge in [0.25, 0.3) is 5.91 Å². The van der Waals surface area contributed by atoms with Crippen molar-refractivity contribution in [2.45, 2.75) is 24.7 Å². The quantitative estimate of drug-likeness (QED) is 0.675. The highest BCUT2D eigenvalue weighted by molar-refractivity contribution is 6.02. The molecule has 0 bridgehead atoms. The van der Waals surface area contributed by atoms with Crippen LogP contribution in [0.3, 0.4) is 0 Å².